The molecule has 0 aromatic heterocycles. The van der Waals surface area contributed by atoms with Crippen LogP contribution in [0.2, 0.25) is 0 Å². The van der Waals surface area contributed by atoms with Crippen LogP contribution in [0.1, 0.15) is 6.42 Å². The van der Waals surface area contributed by atoms with Crippen LogP contribution in [0.3, 0.4) is 0 Å². The largest absolute Gasteiger partial charge is 0.350 e. The zero-order valence-corrected chi connectivity index (χ0v) is 4.22. The maximum Gasteiger partial charge on any atom is 0.157 e. The van der Waals surface area contributed by atoms with Crippen molar-refractivity contribution in [2.75, 3.05) is 13.2 Å². The fraction of sp³-hybridized carbons (Fsp3) is 0.800. The average Bonchev–Trinajstić information content (AvgIpc) is 2.14. The number of hydrogen-bond donors (Lipinski definition) is 0. The van der Waals surface area contributed by atoms with Gasteiger partial charge in [-0.05, 0) is 13.3 Å². The monoisotopic (exact) mass is 101 g/mol. The Morgan fingerprint density at radius 1 is 1.43 bits per heavy atom. The van der Waals surface area contributed by atoms with Gasteiger partial charge in [-0.25, -0.2) is 0 Å². The molecule has 1 aliphatic heterocycles. The van der Waals surface area contributed by atoms with E-state index in [1.165, 1.54) is 0 Å². The summed E-state index contributed by atoms with van der Waals surface area (Å²) in [7, 11) is 0. The molecule has 2 nitrogen and oxygen atoms in total. The minimum atomic E-state index is -0.0139. The van der Waals surface area contributed by atoms with E-state index in [4.69, 9.17) is 9.47 Å². The Hall–Kier alpha value is -0.0800. The minimum Gasteiger partial charge on any atom is -0.350 e. The summed E-state index contributed by atoms with van der Waals surface area (Å²) in [6, 6.07) is 0. The van der Waals surface area contributed by atoms with Gasteiger partial charge in [0.15, 0.2) is 6.29 Å². The van der Waals surface area contributed by atoms with E-state index >= 15 is 0 Å². The van der Waals surface area contributed by atoms with Crippen molar-refractivity contribution < 1.29 is 9.47 Å². The number of ether oxygens (including phenoxy) is 2. The molecule has 41 valence electrons. The van der Waals surface area contributed by atoms with E-state index < -0.39 is 0 Å². The molecule has 7 heavy (non-hydrogen) atoms. The van der Waals surface area contributed by atoms with Crippen LogP contribution in [-0.4, -0.2) is 19.5 Å². The first kappa shape index (κ1) is 5.06. The molecule has 0 N–H and O–H groups in total. The SMILES string of the molecule is [CH2]CC1OCCO1. The van der Waals surface area contributed by atoms with Gasteiger partial charge in [0.05, 0.1) is 13.2 Å². The molecule has 1 rings (SSSR count). The van der Waals surface area contributed by atoms with Crippen molar-refractivity contribution in [2.24, 2.45) is 0 Å². The third-order valence-corrected chi connectivity index (χ3v) is 0.927. The second kappa shape index (κ2) is 2.28. The Bertz CT molecular complexity index is 48.0. The number of hydrogen-bond acceptors (Lipinski definition) is 2. The first-order valence-electron chi connectivity index (χ1n) is 2.46. The lowest BCUT2D eigenvalue weighted by atomic mass is 10.5. The average molecular weight is 101 g/mol. The van der Waals surface area contributed by atoms with Crippen molar-refractivity contribution in [3.63, 3.8) is 0 Å². The molecule has 0 aromatic carbocycles. The molecular weight excluding hydrogens is 92.1 g/mol. The van der Waals surface area contributed by atoms with E-state index in [0.717, 1.165) is 19.6 Å². The van der Waals surface area contributed by atoms with Gasteiger partial charge in [0.2, 0.25) is 0 Å². The van der Waals surface area contributed by atoms with Crippen molar-refractivity contribution in [3.05, 3.63) is 6.92 Å². The standard InChI is InChI=1S/C5H9O2/c1-2-5-6-3-4-7-5/h5H,1-4H2. The zero-order valence-electron chi connectivity index (χ0n) is 4.22. The topological polar surface area (TPSA) is 18.5 Å². The molecular formula is C5H9O2. The van der Waals surface area contributed by atoms with Gasteiger partial charge in [0.1, 0.15) is 0 Å². The molecule has 0 aromatic rings. The fourth-order valence-electron chi connectivity index (χ4n) is 0.574. The summed E-state index contributed by atoms with van der Waals surface area (Å²) < 4.78 is 10.0. The van der Waals surface area contributed by atoms with Crippen molar-refractivity contribution in [1.29, 1.82) is 0 Å². The van der Waals surface area contributed by atoms with E-state index in [1.807, 2.05) is 0 Å². The summed E-state index contributed by atoms with van der Waals surface area (Å²) in [4.78, 5) is 0. The second-order valence-corrected chi connectivity index (χ2v) is 1.46. The molecule has 1 aliphatic rings. The maximum atomic E-state index is 5.02. The summed E-state index contributed by atoms with van der Waals surface area (Å²) in [6.45, 7) is 5.09. The van der Waals surface area contributed by atoms with E-state index in [9.17, 15) is 0 Å². The summed E-state index contributed by atoms with van der Waals surface area (Å²) in [6.07, 6.45) is 0.708. The van der Waals surface area contributed by atoms with Crippen molar-refractivity contribution in [2.45, 2.75) is 12.7 Å². The van der Waals surface area contributed by atoms with Gasteiger partial charge in [-0.2, -0.15) is 0 Å². The lowest BCUT2D eigenvalue weighted by Crippen LogP contribution is -2.03. The van der Waals surface area contributed by atoms with Crippen molar-refractivity contribution in [1.82, 2.24) is 0 Å². The molecule has 0 unspecified atom stereocenters. The predicted octanol–water partition coefficient (Wildman–Crippen LogP) is 0.583. The Kier molecular flexibility index (Phi) is 1.65. The van der Waals surface area contributed by atoms with Crippen LogP contribution in [0.5, 0.6) is 0 Å². The lowest BCUT2D eigenvalue weighted by molar-refractivity contribution is -0.0385. The summed E-state index contributed by atoms with van der Waals surface area (Å²) in [5.74, 6) is 0. The maximum absolute atomic E-state index is 5.02. The van der Waals surface area contributed by atoms with Crippen molar-refractivity contribution in [3.8, 4) is 0 Å². The summed E-state index contributed by atoms with van der Waals surface area (Å²) in [5.41, 5.74) is 0. The van der Waals surface area contributed by atoms with E-state index in [2.05, 4.69) is 6.92 Å². The van der Waals surface area contributed by atoms with E-state index in [1.54, 1.807) is 0 Å². The predicted molar refractivity (Wildman–Crippen MR) is 25.7 cm³/mol. The smallest absolute Gasteiger partial charge is 0.157 e. The van der Waals surface area contributed by atoms with Gasteiger partial charge in [-0.3, -0.25) is 0 Å². The highest BCUT2D eigenvalue weighted by Gasteiger charge is 2.11. The molecule has 1 saturated heterocycles. The Labute approximate surface area is 43.4 Å². The highest BCUT2D eigenvalue weighted by molar-refractivity contribution is 4.51. The van der Waals surface area contributed by atoms with Crippen LogP contribution in [0.25, 0.3) is 0 Å². The summed E-state index contributed by atoms with van der Waals surface area (Å²) in [5, 5.41) is 0. The van der Waals surface area contributed by atoms with Crippen LogP contribution in [-0.2, 0) is 9.47 Å². The third kappa shape index (κ3) is 1.14. The number of rotatable bonds is 1. The minimum absolute atomic E-state index is 0.0139. The molecule has 1 fully saturated rings. The van der Waals surface area contributed by atoms with Gasteiger partial charge in [-0.15, -0.1) is 0 Å². The normalized spacial score (nSPS) is 23.6. The van der Waals surface area contributed by atoms with Crippen LogP contribution in [0.15, 0.2) is 0 Å². The molecule has 0 saturated carbocycles. The molecule has 0 aliphatic carbocycles. The molecule has 0 amide bonds. The van der Waals surface area contributed by atoms with Gasteiger partial charge < -0.3 is 9.47 Å². The fourth-order valence-corrected chi connectivity index (χ4v) is 0.574. The van der Waals surface area contributed by atoms with E-state index in [-0.39, 0.29) is 6.29 Å². The molecule has 1 radical (unpaired) electrons. The van der Waals surface area contributed by atoms with Gasteiger partial charge in [0.25, 0.3) is 0 Å². The molecule has 0 atom stereocenters. The van der Waals surface area contributed by atoms with Crippen LogP contribution in [0.4, 0.5) is 0 Å². The first-order chi connectivity index (χ1) is 3.43. The first-order valence-corrected chi connectivity index (χ1v) is 2.46. The highest BCUT2D eigenvalue weighted by atomic mass is 16.7. The van der Waals surface area contributed by atoms with Crippen molar-refractivity contribution >= 4 is 0 Å². The Morgan fingerprint density at radius 2 is 2.00 bits per heavy atom. The highest BCUT2D eigenvalue weighted by Crippen LogP contribution is 2.05. The Morgan fingerprint density at radius 3 is 2.29 bits per heavy atom. The van der Waals surface area contributed by atoms with Gasteiger partial charge >= 0.3 is 0 Å². The van der Waals surface area contributed by atoms with E-state index in [0.29, 0.717) is 0 Å². The summed E-state index contributed by atoms with van der Waals surface area (Å²) >= 11 is 0. The van der Waals surface area contributed by atoms with Crippen LogP contribution in [0, 0.1) is 6.92 Å². The second-order valence-electron chi connectivity index (χ2n) is 1.46. The van der Waals surface area contributed by atoms with Crippen LogP contribution >= 0.6 is 0 Å². The van der Waals surface area contributed by atoms with Gasteiger partial charge in [0, 0.05) is 0 Å². The molecule has 2 heteroatoms. The molecule has 0 bridgehead atoms. The zero-order chi connectivity index (χ0) is 5.11. The molecule has 0 spiro atoms. The third-order valence-electron chi connectivity index (χ3n) is 0.927. The quantitative estimate of drug-likeness (QED) is 0.481. The molecule has 1 heterocycles. The Balaban J connectivity index is 2.14. The van der Waals surface area contributed by atoms with Crippen LogP contribution < -0.4 is 0 Å². The lowest BCUT2D eigenvalue weighted by Gasteiger charge is -2.01. The van der Waals surface area contributed by atoms with Gasteiger partial charge in [-0.1, -0.05) is 0 Å².